The number of carbonyl (C=O) groups is 2. The van der Waals surface area contributed by atoms with Crippen LogP contribution >= 0.6 is 11.6 Å². The van der Waals surface area contributed by atoms with Gasteiger partial charge in [-0.05, 0) is 31.0 Å². The van der Waals surface area contributed by atoms with E-state index < -0.39 is 31.7 Å². The lowest BCUT2D eigenvalue weighted by molar-refractivity contribution is -0.143. The van der Waals surface area contributed by atoms with Gasteiger partial charge in [-0.3, -0.25) is 19.4 Å². The third kappa shape index (κ3) is 4.27. The molecule has 3 fully saturated rings. The van der Waals surface area contributed by atoms with Gasteiger partial charge in [-0.1, -0.05) is 24.4 Å². The minimum atomic E-state index is -4.77. The highest BCUT2D eigenvalue weighted by molar-refractivity contribution is 7.89. The standard InChI is InChI=1S/C20H23ClF3N3O4S/c21-17-6-5-13(11-16(17)20(22,23)24)32(30,31)26-9-7-25(8-10-26)12-27-18(28)14-3-1-2-4-15(14)19(27)29/h5-6,11,14-15H,1-4,7-10,12H2/t14-,15+. The van der Waals surface area contributed by atoms with Crippen molar-refractivity contribution in [3.05, 3.63) is 28.8 Å². The van der Waals surface area contributed by atoms with Crippen molar-refractivity contribution in [2.45, 2.75) is 36.8 Å². The number of hydrogen-bond donors (Lipinski definition) is 0. The fraction of sp³-hybridized carbons (Fsp3) is 0.600. The molecular weight excluding hydrogens is 471 g/mol. The van der Waals surface area contributed by atoms with Gasteiger partial charge in [0.1, 0.15) is 0 Å². The van der Waals surface area contributed by atoms with Gasteiger partial charge in [0.25, 0.3) is 0 Å². The van der Waals surface area contributed by atoms with Gasteiger partial charge in [-0.15, -0.1) is 0 Å². The van der Waals surface area contributed by atoms with E-state index in [-0.39, 0.29) is 56.5 Å². The zero-order valence-corrected chi connectivity index (χ0v) is 18.7. The Hall–Kier alpha value is -1.69. The summed E-state index contributed by atoms with van der Waals surface area (Å²) in [5, 5.41) is -0.568. The maximum Gasteiger partial charge on any atom is 0.417 e. The molecule has 0 unspecified atom stereocenters. The van der Waals surface area contributed by atoms with E-state index in [1.54, 1.807) is 0 Å². The molecule has 0 bridgehead atoms. The number of benzene rings is 1. The van der Waals surface area contributed by atoms with Crippen LogP contribution in [-0.4, -0.2) is 67.2 Å². The predicted molar refractivity (Wildman–Crippen MR) is 109 cm³/mol. The second-order valence-corrected chi connectivity index (χ2v) is 10.8. The summed E-state index contributed by atoms with van der Waals surface area (Å²) >= 11 is 5.59. The molecule has 0 N–H and O–H groups in total. The zero-order valence-electron chi connectivity index (χ0n) is 17.1. The molecule has 2 saturated heterocycles. The molecule has 12 heteroatoms. The molecule has 2 heterocycles. The van der Waals surface area contributed by atoms with E-state index in [4.69, 9.17) is 11.6 Å². The second-order valence-electron chi connectivity index (χ2n) is 8.40. The summed E-state index contributed by atoms with van der Waals surface area (Å²) in [7, 11) is -4.15. The van der Waals surface area contributed by atoms with Crippen molar-refractivity contribution < 1.29 is 31.2 Å². The van der Waals surface area contributed by atoms with Crippen molar-refractivity contribution in [3.8, 4) is 0 Å². The van der Waals surface area contributed by atoms with Crippen LogP contribution in [0.2, 0.25) is 5.02 Å². The number of fused-ring (bicyclic) bond motifs is 1. The Morgan fingerprint density at radius 1 is 0.969 bits per heavy atom. The summed E-state index contributed by atoms with van der Waals surface area (Å²) < 4.78 is 66.2. The van der Waals surface area contributed by atoms with Crippen molar-refractivity contribution in [3.63, 3.8) is 0 Å². The first-order valence-electron chi connectivity index (χ1n) is 10.4. The highest BCUT2D eigenvalue weighted by Gasteiger charge is 2.48. The number of halogens is 4. The lowest BCUT2D eigenvalue weighted by atomic mass is 9.81. The average molecular weight is 494 g/mol. The molecule has 0 radical (unpaired) electrons. The van der Waals surface area contributed by atoms with Crippen molar-refractivity contribution in [1.82, 2.24) is 14.1 Å². The largest absolute Gasteiger partial charge is 0.417 e. The number of sulfonamides is 1. The first-order chi connectivity index (χ1) is 15.0. The van der Waals surface area contributed by atoms with Crippen LogP contribution in [0.3, 0.4) is 0 Å². The molecule has 2 atom stereocenters. The molecule has 7 nitrogen and oxygen atoms in total. The maximum atomic E-state index is 13.1. The summed E-state index contributed by atoms with van der Waals surface area (Å²) in [6, 6.07) is 2.54. The Morgan fingerprint density at radius 2 is 1.53 bits per heavy atom. The van der Waals surface area contributed by atoms with Crippen LogP contribution in [0.25, 0.3) is 0 Å². The Balaban J connectivity index is 1.41. The summed E-state index contributed by atoms with van der Waals surface area (Å²) in [5.41, 5.74) is -1.20. The minimum absolute atomic E-state index is 0.0371. The van der Waals surface area contributed by atoms with Gasteiger partial charge in [0.05, 0.1) is 34.0 Å². The van der Waals surface area contributed by atoms with E-state index in [1.165, 1.54) is 4.90 Å². The van der Waals surface area contributed by atoms with E-state index in [0.717, 1.165) is 42.1 Å². The smallest absolute Gasteiger partial charge is 0.283 e. The van der Waals surface area contributed by atoms with Gasteiger partial charge < -0.3 is 0 Å². The Bertz CT molecular complexity index is 1000. The maximum absolute atomic E-state index is 13.1. The molecule has 1 aromatic rings. The molecular formula is C20H23ClF3N3O4S. The summed E-state index contributed by atoms with van der Waals surface area (Å²) in [6.45, 7) is 0.694. The molecule has 32 heavy (non-hydrogen) atoms. The molecule has 2 aliphatic heterocycles. The van der Waals surface area contributed by atoms with Crippen LogP contribution in [-0.2, 0) is 25.8 Å². The molecule has 1 aliphatic carbocycles. The molecule has 176 valence electrons. The van der Waals surface area contributed by atoms with Crippen LogP contribution in [0.15, 0.2) is 23.1 Å². The number of alkyl halides is 3. The summed E-state index contributed by atoms with van der Waals surface area (Å²) in [6.07, 6.45) is -1.46. The molecule has 0 aromatic heterocycles. The Kier molecular flexibility index (Phi) is 6.30. The monoisotopic (exact) mass is 493 g/mol. The van der Waals surface area contributed by atoms with Crippen LogP contribution in [0.4, 0.5) is 13.2 Å². The molecule has 1 saturated carbocycles. The molecule has 0 spiro atoms. The predicted octanol–water partition coefficient (Wildman–Crippen LogP) is 2.80. The highest BCUT2D eigenvalue weighted by atomic mass is 35.5. The SMILES string of the molecule is O=C1[C@H]2CCCC[C@H]2C(=O)N1CN1CCN(S(=O)(=O)c2ccc(Cl)c(C(F)(F)F)c2)CC1. The zero-order chi connectivity index (χ0) is 23.3. The van der Waals surface area contributed by atoms with E-state index in [0.29, 0.717) is 6.07 Å². The first kappa shape index (κ1) is 23.5. The minimum Gasteiger partial charge on any atom is -0.283 e. The van der Waals surface area contributed by atoms with Gasteiger partial charge in [0, 0.05) is 26.2 Å². The Morgan fingerprint density at radius 3 is 2.06 bits per heavy atom. The number of piperazine rings is 1. The van der Waals surface area contributed by atoms with Crippen molar-refractivity contribution in [2.24, 2.45) is 11.8 Å². The second kappa shape index (κ2) is 8.58. The highest BCUT2D eigenvalue weighted by Crippen LogP contribution is 2.38. The lowest BCUT2D eigenvalue weighted by Gasteiger charge is -2.35. The van der Waals surface area contributed by atoms with Crippen LogP contribution in [0.1, 0.15) is 31.2 Å². The number of hydrogen-bond acceptors (Lipinski definition) is 5. The number of carbonyl (C=O) groups excluding carboxylic acids is 2. The number of amides is 2. The topological polar surface area (TPSA) is 78.0 Å². The van der Waals surface area contributed by atoms with E-state index in [1.807, 2.05) is 4.90 Å². The lowest BCUT2D eigenvalue weighted by Crippen LogP contribution is -2.52. The average Bonchev–Trinajstić information content (AvgIpc) is 2.98. The number of imide groups is 1. The van der Waals surface area contributed by atoms with Crippen LogP contribution in [0, 0.1) is 11.8 Å². The molecule has 3 aliphatic rings. The van der Waals surface area contributed by atoms with E-state index >= 15 is 0 Å². The third-order valence-corrected chi connectivity index (χ3v) is 8.71. The van der Waals surface area contributed by atoms with Crippen molar-refractivity contribution in [1.29, 1.82) is 0 Å². The third-order valence-electron chi connectivity index (χ3n) is 6.49. The summed E-state index contributed by atoms with van der Waals surface area (Å²) in [5.74, 6) is -0.803. The quantitative estimate of drug-likeness (QED) is 0.603. The van der Waals surface area contributed by atoms with Gasteiger partial charge in [0.2, 0.25) is 21.8 Å². The van der Waals surface area contributed by atoms with E-state index in [9.17, 15) is 31.2 Å². The molecule has 4 rings (SSSR count). The fourth-order valence-electron chi connectivity index (χ4n) is 4.71. The van der Waals surface area contributed by atoms with Crippen LogP contribution < -0.4 is 0 Å². The number of nitrogens with zero attached hydrogens (tertiary/aromatic N) is 3. The van der Waals surface area contributed by atoms with Gasteiger partial charge in [0.15, 0.2) is 0 Å². The fourth-order valence-corrected chi connectivity index (χ4v) is 6.39. The first-order valence-corrected chi connectivity index (χ1v) is 12.3. The van der Waals surface area contributed by atoms with Crippen molar-refractivity contribution in [2.75, 3.05) is 32.8 Å². The van der Waals surface area contributed by atoms with Gasteiger partial charge in [-0.2, -0.15) is 17.5 Å². The number of rotatable bonds is 4. The van der Waals surface area contributed by atoms with Crippen molar-refractivity contribution >= 4 is 33.4 Å². The van der Waals surface area contributed by atoms with Crippen LogP contribution in [0.5, 0.6) is 0 Å². The normalized spacial score (nSPS) is 25.9. The van der Waals surface area contributed by atoms with Gasteiger partial charge >= 0.3 is 6.18 Å². The van der Waals surface area contributed by atoms with Gasteiger partial charge in [-0.25, -0.2) is 8.42 Å². The Labute approximate surface area is 189 Å². The van der Waals surface area contributed by atoms with E-state index in [2.05, 4.69) is 0 Å². The number of likely N-dealkylation sites (tertiary alicyclic amines) is 1. The molecule has 2 amide bonds. The summed E-state index contributed by atoms with van der Waals surface area (Å²) in [4.78, 5) is 27.9. The molecule has 1 aromatic carbocycles.